The van der Waals surface area contributed by atoms with Crippen LogP contribution in [0.4, 0.5) is 10.1 Å². The van der Waals surface area contributed by atoms with Crippen molar-refractivity contribution in [2.45, 2.75) is 25.3 Å². The lowest BCUT2D eigenvalue weighted by Crippen LogP contribution is -2.40. The summed E-state index contributed by atoms with van der Waals surface area (Å²) in [6.45, 7) is 3.46. The quantitative estimate of drug-likeness (QED) is 0.825. The zero-order chi connectivity index (χ0) is 14.0. The molecule has 1 aliphatic rings. The van der Waals surface area contributed by atoms with Crippen molar-refractivity contribution in [3.63, 3.8) is 0 Å². The molecule has 19 heavy (non-hydrogen) atoms. The number of nitrogens with two attached hydrogens (primary N) is 1. The lowest BCUT2D eigenvalue weighted by molar-refractivity contribution is 0.0657. The van der Waals surface area contributed by atoms with Crippen LogP contribution >= 0.6 is 28.1 Å². The molecule has 1 aromatic rings. The molecule has 1 saturated heterocycles. The molecule has 0 bridgehead atoms. The van der Waals surface area contributed by atoms with Crippen LogP contribution in [-0.2, 0) is 4.74 Å². The van der Waals surface area contributed by atoms with E-state index in [0.29, 0.717) is 28.9 Å². The SMILES string of the molecule is CC1(Nc2ccc(C(N)=S)c(Br)c2F)CCOCC1. The van der Waals surface area contributed by atoms with Gasteiger partial charge in [-0.2, -0.15) is 0 Å². The fourth-order valence-corrected chi connectivity index (χ4v) is 2.97. The molecule has 1 aromatic carbocycles. The summed E-state index contributed by atoms with van der Waals surface area (Å²) < 4.78 is 19.9. The number of rotatable bonds is 3. The smallest absolute Gasteiger partial charge is 0.161 e. The van der Waals surface area contributed by atoms with Gasteiger partial charge in [-0.3, -0.25) is 0 Å². The van der Waals surface area contributed by atoms with E-state index >= 15 is 0 Å². The Kier molecular flexibility index (Phi) is 4.43. The maximum atomic E-state index is 14.3. The molecule has 0 aliphatic carbocycles. The summed E-state index contributed by atoms with van der Waals surface area (Å²) in [6.07, 6.45) is 1.70. The number of halogens is 2. The van der Waals surface area contributed by atoms with Gasteiger partial charge in [0.1, 0.15) is 4.99 Å². The van der Waals surface area contributed by atoms with Crippen LogP contribution in [0.5, 0.6) is 0 Å². The van der Waals surface area contributed by atoms with Crippen LogP contribution in [0.3, 0.4) is 0 Å². The van der Waals surface area contributed by atoms with Gasteiger partial charge in [-0.1, -0.05) is 12.2 Å². The summed E-state index contributed by atoms with van der Waals surface area (Å²) in [5.74, 6) is -0.363. The molecule has 1 aliphatic heterocycles. The standard InChI is InChI=1S/C13H16BrFN2OS/c1-13(4-6-18-7-5-13)17-9-3-2-8(12(16)19)10(14)11(9)15/h2-3,17H,4-7H2,1H3,(H2,16,19). The van der Waals surface area contributed by atoms with Gasteiger partial charge in [-0.25, -0.2) is 4.39 Å². The van der Waals surface area contributed by atoms with Gasteiger partial charge in [-0.15, -0.1) is 0 Å². The molecule has 0 atom stereocenters. The largest absolute Gasteiger partial charge is 0.389 e. The van der Waals surface area contributed by atoms with E-state index in [-0.39, 0.29) is 16.3 Å². The molecular weight excluding hydrogens is 331 g/mol. The van der Waals surface area contributed by atoms with Crippen molar-refractivity contribution in [2.75, 3.05) is 18.5 Å². The summed E-state index contributed by atoms with van der Waals surface area (Å²) in [4.78, 5) is 0.176. The molecule has 2 rings (SSSR count). The lowest BCUT2D eigenvalue weighted by Gasteiger charge is -2.35. The lowest BCUT2D eigenvalue weighted by atomic mass is 9.92. The number of hydrogen-bond donors (Lipinski definition) is 2. The van der Waals surface area contributed by atoms with Crippen LogP contribution in [0.2, 0.25) is 0 Å². The van der Waals surface area contributed by atoms with Crippen LogP contribution < -0.4 is 11.1 Å². The van der Waals surface area contributed by atoms with Crippen molar-refractivity contribution >= 4 is 38.8 Å². The highest BCUT2D eigenvalue weighted by molar-refractivity contribution is 9.10. The summed E-state index contributed by atoms with van der Waals surface area (Å²) in [6, 6.07) is 3.40. The van der Waals surface area contributed by atoms with Gasteiger partial charge in [0, 0.05) is 24.3 Å². The maximum absolute atomic E-state index is 14.3. The predicted molar refractivity (Wildman–Crippen MR) is 82.1 cm³/mol. The topological polar surface area (TPSA) is 47.3 Å². The Hall–Kier alpha value is -0.720. The van der Waals surface area contributed by atoms with Gasteiger partial charge in [-0.05, 0) is 47.8 Å². The van der Waals surface area contributed by atoms with Crippen LogP contribution in [0.25, 0.3) is 0 Å². The van der Waals surface area contributed by atoms with Crippen molar-refractivity contribution < 1.29 is 9.13 Å². The number of thiocarbonyl (C=S) groups is 1. The van der Waals surface area contributed by atoms with Gasteiger partial charge in [0.25, 0.3) is 0 Å². The zero-order valence-electron chi connectivity index (χ0n) is 10.6. The van der Waals surface area contributed by atoms with E-state index in [2.05, 4.69) is 28.2 Å². The maximum Gasteiger partial charge on any atom is 0.161 e. The first-order chi connectivity index (χ1) is 8.93. The highest BCUT2D eigenvalue weighted by Crippen LogP contribution is 2.31. The van der Waals surface area contributed by atoms with E-state index in [1.165, 1.54) is 0 Å². The average molecular weight is 347 g/mol. The van der Waals surface area contributed by atoms with Gasteiger partial charge >= 0.3 is 0 Å². The van der Waals surface area contributed by atoms with Gasteiger partial charge in [0.05, 0.1) is 10.2 Å². The van der Waals surface area contributed by atoms with Gasteiger partial charge < -0.3 is 15.8 Å². The molecule has 0 unspecified atom stereocenters. The molecule has 0 spiro atoms. The van der Waals surface area contributed by atoms with E-state index in [9.17, 15) is 4.39 Å². The van der Waals surface area contributed by atoms with E-state index in [4.69, 9.17) is 22.7 Å². The van der Waals surface area contributed by atoms with Crippen molar-refractivity contribution in [1.29, 1.82) is 0 Å². The Morgan fingerprint density at radius 2 is 2.11 bits per heavy atom. The number of hydrogen-bond acceptors (Lipinski definition) is 3. The Labute approximate surface area is 125 Å². The molecule has 6 heteroatoms. The van der Waals surface area contributed by atoms with Crippen LogP contribution in [-0.4, -0.2) is 23.7 Å². The monoisotopic (exact) mass is 346 g/mol. The van der Waals surface area contributed by atoms with Crippen LogP contribution in [0.1, 0.15) is 25.3 Å². The van der Waals surface area contributed by atoms with E-state index < -0.39 is 0 Å². The number of nitrogens with one attached hydrogen (secondary N) is 1. The molecule has 3 N–H and O–H groups in total. The first kappa shape index (κ1) is 14.7. The van der Waals surface area contributed by atoms with E-state index in [1.54, 1.807) is 12.1 Å². The number of benzene rings is 1. The Balaban J connectivity index is 2.26. The van der Waals surface area contributed by atoms with E-state index in [1.807, 2.05) is 0 Å². The summed E-state index contributed by atoms with van der Waals surface area (Å²) in [5.41, 5.74) is 6.36. The Morgan fingerprint density at radius 3 is 2.68 bits per heavy atom. The van der Waals surface area contributed by atoms with Crippen molar-refractivity contribution in [1.82, 2.24) is 0 Å². The minimum absolute atomic E-state index is 0.150. The van der Waals surface area contributed by atoms with Crippen LogP contribution in [0, 0.1) is 5.82 Å². The second-order valence-corrected chi connectivity index (χ2v) is 6.18. The number of anilines is 1. The van der Waals surface area contributed by atoms with Gasteiger partial charge in [0.2, 0.25) is 0 Å². The molecular formula is C13H16BrFN2OS. The fraction of sp³-hybridized carbons (Fsp3) is 0.462. The summed E-state index contributed by atoms with van der Waals surface area (Å²) in [5, 5.41) is 3.26. The third-order valence-corrected chi connectivity index (χ3v) is 4.38. The minimum atomic E-state index is -0.363. The third-order valence-electron chi connectivity index (χ3n) is 3.38. The molecule has 0 amide bonds. The van der Waals surface area contributed by atoms with Crippen molar-refractivity contribution in [3.05, 3.63) is 28.0 Å². The normalized spacial score (nSPS) is 18.1. The predicted octanol–water partition coefficient (Wildman–Crippen LogP) is 3.20. The molecule has 0 radical (unpaired) electrons. The van der Waals surface area contributed by atoms with Gasteiger partial charge in [0.15, 0.2) is 5.82 Å². The summed E-state index contributed by atoms with van der Waals surface area (Å²) in [7, 11) is 0. The third kappa shape index (κ3) is 3.24. The second-order valence-electron chi connectivity index (χ2n) is 4.95. The second kappa shape index (κ2) is 5.73. The molecule has 0 saturated carbocycles. The first-order valence-corrected chi connectivity index (χ1v) is 7.27. The first-order valence-electron chi connectivity index (χ1n) is 6.07. The minimum Gasteiger partial charge on any atom is -0.389 e. The Morgan fingerprint density at radius 1 is 1.47 bits per heavy atom. The fourth-order valence-electron chi connectivity index (χ4n) is 2.11. The molecule has 104 valence electrons. The highest BCUT2D eigenvalue weighted by Gasteiger charge is 2.28. The molecule has 3 nitrogen and oxygen atoms in total. The van der Waals surface area contributed by atoms with Crippen LogP contribution in [0.15, 0.2) is 16.6 Å². The highest BCUT2D eigenvalue weighted by atomic mass is 79.9. The number of ether oxygens (including phenoxy) is 1. The van der Waals surface area contributed by atoms with Crippen molar-refractivity contribution in [2.24, 2.45) is 5.73 Å². The summed E-state index contributed by atoms with van der Waals surface area (Å²) >= 11 is 8.09. The average Bonchev–Trinajstić information content (AvgIpc) is 2.35. The zero-order valence-corrected chi connectivity index (χ0v) is 13.0. The molecule has 1 heterocycles. The van der Waals surface area contributed by atoms with E-state index in [0.717, 1.165) is 12.8 Å². The molecule has 1 fully saturated rings. The van der Waals surface area contributed by atoms with Crippen molar-refractivity contribution in [3.8, 4) is 0 Å². The Bertz CT molecular complexity index is 504. The molecule has 0 aromatic heterocycles.